The van der Waals surface area contributed by atoms with E-state index in [1.807, 2.05) is 48.5 Å². The summed E-state index contributed by atoms with van der Waals surface area (Å²) in [5.41, 5.74) is 5.38. The van der Waals surface area contributed by atoms with Crippen LogP contribution in [0.25, 0.3) is 65.7 Å². The lowest BCUT2D eigenvalue weighted by atomic mass is 10.0. The third-order valence-corrected chi connectivity index (χ3v) is 5.82. The Labute approximate surface area is 158 Å². The van der Waals surface area contributed by atoms with E-state index in [-0.39, 0.29) is 0 Å². The molecule has 0 fully saturated rings. The van der Waals surface area contributed by atoms with Crippen LogP contribution in [0.2, 0.25) is 0 Å². The number of furan rings is 2. The minimum atomic E-state index is 0.856. The van der Waals surface area contributed by atoms with Crippen molar-refractivity contribution in [2.24, 2.45) is 0 Å². The largest absolute Gasteiger partial charge is 0.456 e. The molecule has 3 heterocycles. The number of aromatic nitrogens is 1. The minimum absolute atomic E-state index is 0.856. The molecule has 2 N–H and O–H groups in total. The summed E-state index contributed by atoms with van der Waals surface area (Å²) in [5, 5.41) is 6.48. The molecule has 3 aromatic heterocycles. The van der Waals surface area contributed by atoms with Crippen molar-refractivity contribution in [3.8, 4) is 0 Å². The Morgan fingerprint density at radius 2 is 1.21 bits per heavy atom. The van der Waals surface area contributed by atoms with Crippen molar-refractivity contribution in [3.05, 3.63) is 72.8 Å². The zero-order valence-corrected chi connectivity index (χ0v) is 14.8. The molecule has 0 radical (unpaired) electrons. The normalized spacial score (nSPS) is 12.4. The predicted molar refractivity (Wildman–Crippen MR) is 114 cm³/mol. The van der Waals surface area contributed by atoms with Crippen LogP contribution in [0.1, 0.15) is 0 Å². The number of nitrogen functional groups attached to an aromatic ring is 1. The van der Waals surface area contributed by atoms with E-state index in [1.165, 1.54) is 0 Å². The number of para-hydroxylation sites is 2. The maximum absolute atomic E-state index is 6.51. The van der Waals surface area contributed by atoms with Crippen molar-refractivity contribution in [2.45, 2.75) is 0 Å². The summed E-state index contributed by atoms with van der Waals surface area (Å²) in [5.74, 6) is 6.51. The summed E-state index contributed by atoms with van der Waals surface area (Å²) in [6, 6.07) is 24.4. The Hall–Kier alpha value is -3.92. The van der Waals surface area contributed by atoms with Gasteiger partial charge in [-0.3, -0.25) is 4.68 Å². The van der Waals surface area contributed by atoms with Crippen molar-refractivity contribution in [1.82, 2.24) is 4.68 Å². The molecule has 0 spiro atoms. The number of fused-ring (bicyclic) bond motifs is 11. The van der Waals surface area contributed by atoms with Gasteiger partial charge >= 0.3 is 0 Å². The van der Waals surface area contributed by atoms with Gasteiger partial charge in [0, 0.05) is 26.9 Å². The topological polar surface area (TPSA) is 57.2 Å². The highest BCUT2D eigenvalue weighted by atomic mass is 16.3. The van der Waals surface area contributed by atoms with E-state index >= 15 is 0 Å². The molecule has 28 heavy (non-hydrogen) atoms. The highest BCUT2D eigenvalue weighted by Gasteiger charge is 2.20. The van der Waals surface area contributed by atoms with Gasteiger partial charge in [-0.1, -0.05) is 36.4 Å². The van der Waals surface area contributed by atoms with Gasteiger partial charge in [-0.05, 0) is 36.4 Å². The Morgan fingerprint density at radius 3 is 2.07 bits per heavy atom. The molecule has 7 rings (SSSR count). The van der Waals surface area contributed by atoms with Gasteiger partial charge in [0.2, 0.25) is 0 Å². The molecule has 4 heteroatoms. The maximum Gasteiger partial charge on any atom is 0.145 e. The van der Waals surface area contributed by atoms with E-state index < -0.39 is 0 Å². The molecule has 0 unspecified atom stereocenters. The number of hydrogen-bond donors (Lipinski definition) is 1. The van der Waals surface area contributed by atoms with E-state index in [1.54, 1.807) is 4.68 Å². The number of nitrogens with zero attached hydrogens (tertiary/aromatic N) is 1. The molecule has 0 aliphatic carbocycles. The van der Waals surface area contributed by atoms with Gasteiger partial charge in [0.05, 0.1) is 16.4 Å². The van der Waals surface area contributed by atoms with Gasteiger partial charge < -0.3 is 14.7 Å². The number of benzene rings is 4. The summed E-state index contributed by atoms with van der Waals surface area (Å²) < 4.78 is 14.2. The van der Waals surface area contributed by atoms with Crippen LogP contribution in [0.4, 0.5) is 0 Å². The van der Waals surface area contributed by atoms with Crippen molar-refractivity contribution < 1.29 is 8.83 Å². The number of rotatable bonds is 0. The zero-order valence-electron chi connectivity index (χ0n) is 14.8. The third-order valence-electron chi connectivity index (χ3n) is 5.82. The van der Waals surface area contributed by atoms with E-state index in [0.29, 0.717) is 0 Å². The fourth-order valence-corrected chi connectivity index (χ4v) is 4.61. The average molecular weight is 362 g/mol. The first-order valence-electron chi connectivity index (χ1n) is 9.25. The van der Waals surface area contributed by atoms with Crippen LogP contribution in [0.3, 0.4) is 0 Å². The molecule has 0 saturated carbocycles. The SMILES string of the molecule is Nn1c2ccc3c4ccccc4oc3c2c2c3c(ccc21)oc1ccccc13. The highest BCUT2D eigenvalue weighted by molar-refractivity contribution is 6.32. The Balaban J connectivity index is 1.86. The number of nitrogens with two attached hydrogens (primary N) is 1. The summed E-state index contributed by atoms with van der Waals surface area (Å²) in [6.07, 6.45) is 0. The molecule has 4 nitrogen and oxygen atoms in total. The lowest BCUT2D eigenvalue weighted by molar-refractivity contribution is 0.669. The van der Waals surface area contributed by atoms with Gasteiger partial charge in [0.25, 0.3) is 0 Å². The van der Waals surface area contributed by atoms with Crippen LogP contribution in [0.5, 0.6) is 0 Å². The molecule has 0 bridgehead atoms. The summed E-state index contributed by atoms with van der Waals surface area (Å²) in [7, 11) is 0. The second kappa shape index (κ2) is 4.67. The average Bonchev–Trinajstić information content (AvgIpc) is 3.37. The second-order valence-corrected chi connectivity index (χ2v) is 7.24. The van der Waals surface area contributed by atoms with Crippen molar-refractivity contribution in [1.29, 1.82) is 0 Å². The summed E-state index contributed by atoms with van der Waals surface area (Å²) >= 11 is 0. The van der Waals surface area contributed by atoms with Gasteiger partial charge in [-0.2, -0.15) is 0 Å². The smallest absolute Gasteiger partial charge is 0.145 e. The first kappa shape index (κ1) is 14.2. The molecule has 0 saturated heterocycles. The zero-order chi connectivity index (χ0) is 18.4. The molecule has 0 amide bonds. The molecule has 7 aromatic rings. The van der Waals surface area contributed by atoms with Gasteiger partial charge in [0.1, 0.15) is 22.3 Å². The van der Waals surface area contributed by atoms with Crippen LogP contribution in [-0.2, 0) is 0 Å². The molecule has 0 atom stereocenters. The van der Waals surface area contributed by atoms with Gasteiger partial charge in [-0.15, -0.1) is 0 Å². The first-order chi connectivity index (χ1) is 13.8. The minimum Gasteiger partial charge on any atom is -0.456 e. The fraction of sp³-hybridized carbons (Fsp3) is 0. The molecule has 0 aliphatic rings. The maximum atomic E-state index is 6.51. The molecule has 132 valence electrons. The Morgan fingerprint density at radius 1 is 0.536 bits per heavy atom. The fourth-order valence-electron chi connectivity index (χ4n) is 4.61. The van der Waals surface area contributed by atoms with Gasteiger partial charge in [0.15, 0.2) is 0 Å². The van der Waals surface area contributed by atoms with Crippen LogP contribution in [0, 0.1) is 0 Å². The van der Waals surface area contributed by atoms with Crippen LogP contribution >= 0.6 is 0 Å². The molecular weight excluding hydrogens is 348 g/mol. The quantitative estimate of drug-likeness (QED) is 0.322. The first-order valence-corrected chi connectivity index (χ1v) is 9.25. The third kappa shape index (κ3) is 1.53. The van der Waals surface area contributed by atoms with Crippen molar-refractivity contribution >= 4 is 65.7 Å². The number of hydrogen-bond acceptors (Lipinski definition) is 3. The lowest BCUT2D eigenvalue weighted by Gasteiger charge is -1.97. The van der Waals surface area contributed by atoms with E-state index in [2.05, 4.69) is 24.3 Å². The summed E-state index contributed by atoms with van der Waals surface area (Å²) in [4.78, 5) is 0. The van der Waals surface area contributed by atoms with Gasteiger partial charge in [-0.25, -0.2) is 0 Å². The van der Waals surface area contributed by atoms with E-state index in [0.717, 1.165) is 65.7 Å². The van der Waals surface area contributed by atoms with Crippen LogP contribution in [0.15, 0.2) is 81.6 Å². The van der Waals surface area contributed by atoms with Crippen LogP contribution in [-0.4, -0.2) is 4.68 Å². The lowest BCUT2D eigenvalue weighted by Crippen LogP contribution is -2.06. The predicted octanol–water partition coefficient (Wildman–Crippen LogP) is 6.31. The van der Waals surface area contributed by atoms with E-state index in [9.17, 15) is 0 Å². The standard InChI is InChI=1S/C24H14N2O2/c25-26-16-11-12-20-21(15-6-2-4-8-19(15)27-20)22(16)23-17(26)10-9-14-13-5-1-3-7-18(13)28-24(14)23/h1-12H,25H2. The Kier molecular flexibility index (Phi) is 2.37. The summed E-state index contributed by atoms with van der Waals surface area (Å²) in [6.45, 7) is 0. The molecular formula is C24H14N2O2. The molecule has 4 aromatic carbocycles. The van der Waals surface area contributed by atoms with E-state index in [4.69, 9.17) is 14.7 Å². The second-order valence-electron chi connectivity index (χ2n) is 7.24. The van der Waals surface area contributed by atoms with Crippen molar-refractivity contribution in [3.63, 3.8) is 0 Å². The van der Waals surface area contributed by atoms with Crippen LogP contribution < -0.4 is 5.84 Å². The monoisotopic (exact) mass is 362 g/mol. The van der Waals surface area contributed by atoms with Crippen molar-refractivity contribution in [2.75, 3.05) is 5.84 Å². The molecule has 0 aliphatic heterocycles. The Bertz CT molecular complexity index is 1730. The highest BCUT2D eigenvalue weighted by Crippen LogP contribution is 2.43.